The smallest absolute Gasteiger partial charge is 0.331 e. The van der Waals surface area contributed by atoms with Gasteiger partial charge in [-0.15, -0.1) is 11.3 Å². The standard InChI is InChI=1S/C18H19NO3S/c1-14(15-6-3-2-4-7-15)12-19-17(20)13-22-18(21)10-9-16-8-5-11-23-16/h2-11,14H,12-13H2,1H3,(H,19,20)/b10-9+/t14-/m0/s1. The first-order valence-electron chi connectivity index (χ1n) is 7.35. The molecule has 0 aliphatic heterocycles. The van der Waals surface area contributed by atoms with E-state index in [1.165, 1.54) is 17.4 Å². The number of ether oxygens (including phenoxy) is 1. The van der Waals surface area contributed by atoms with Crippen LogP contribution in [0.5, 0.6) is 0 Å². The van der Waals surface area contributed by atoms with Gasteiger partial charge in [0, 0.05) is 17.5 Å². The minimum atomic E-state index is -0.523. The molecule has 0 aliphatic rings. The van der Waals surface area contributed by atoms with Crippen molar-refractivity contribution in [3.63, 3.8) is 0 Å². The number of benzene rings is 1. The normalized spacial score (nSPS) is 12.0. The van der Waals surface area contributed by atoms with E-state index < -0.39 is 5.97 Å². The Kier molecular flexibility index (Phi) is 6.56. The number of nitrogens with one attached hydrogen (secondary N) is 1. The van der Waals surface area contributed by atoms with Gasteiger partial charge in [0.1, 0.15) is 0 Å². The van der Waals surface area contributed by atoms with Crippen molar-refractivity contribution in [2.45, 2.75) is 12.8 Å². The summed E-state index contributed by atoms with van der Waals surface area (Å²) in [6, 6.07) is 13.7. The fraction of sp³-hybridized carbons (Fsp3) is 0.222. The van der Waals surface area contributed by atoms with Gasteiger partial charge in [-0.3, -0.25) is 4.79 Å². The maximum absolute atomic E-state index is 11.7. The van der Waals surface area contributed by atoms with Crippen molar-refractivity contribution in [3.05, 3.63) is 64.4 Å². The van der Waals surface area contributed by atoms with Crippen LogP contribution in [0.1, 0.15) is 23.3 Å². The van der Waals surface area contributed by atoms with E-state index in [4.69, 9.17) is 4.74 Å². The molecule has 2 rings (SSSR count). The Labute approximate surface area is 139 Å². The van der Waals surface area contributed by atoms with Crippen molar-refractivity contribution in [2.24, 2.45) is 0 Å². The third-order valence-electron chi connectivity index (χ3n) is 3.25. The first-order chi connectivity index (χ1) is 11.1. The second-order valence-corrected chi connectivity index (χ2v) is 6.05. The predicted octanol–water partition coefficient (Wildman–Crippen LogP) is 3.22. The van der Waals surface area contributed by atoms with Gasteiger partial charge in [-0.2, -0.15) is 0 Å². The van der Waals surface area contributed by atoms with Gasteiger partial charge in [0.15, 0.2) is 6.61 Å². The van der Waals surface area contributed by atoms with E-state index >= 15 is 0 Å². The molecule has 0 aliphatic carbocycles. The van der Waals surface area contributed by atoms with E-state index in [1.54, 1.807) is 6.08 Å². The van der Waals surface area contributed by atoms with E-state index in [2.05, 4.69) is 5.32 Å². The predicted molar refractivity (Wildman–Crippen MR) is 92.2 cm³/mol. The van der Waals surface area contributed by atoms with Crippen molar-refractivity contribution >= 4 is 29.3 Å². The van der Waals surface area contributed by atoms with E-state index in [1.807, 2.05) is 54.8 Å². The zero-order valence-electron chi connectivity index (χ0n) is 12.9. The highest BCUT2D eigenvalue weighted by Crippen LogP contribution is 2.13. The van der Waals surface area contributed by atoms with Crippen LogP contribution in [0, 0.1) is 0 Å². The van der Waals surface area contributed by atoms with Crippen LogP contribution in [0.2, 0.25) is 0 Å². The molecular formula is C18H19NO3S. The second kappa shape index (κ2) is 8.90. The third-order valence-corrected chi connectivity index (χ3v) is 4.08. The molecule has 0 saturated heterocycles. The van der Waals surface area contributed by atoms with Gasteiger partial charge >= 0.3 is 5.97 Å². The average Bonchev–Trinajstić information content (AvgIpc) is 3.10. The number of hydrogen-bond donors (Lipinski definition) is 1. The number of carbonyl (C=O) groups is 2. The summed E-state index contributed by atoms with van der Waals surface area (Å²) in [6.45, 7) is 2.27. The summed E-state index contributed by atoms with van der Waals surface area (Å²) in [4.78, 5) is 24.2. The van der Waals surface area contributed by atoms with Gasteiger partial charge in [0.25, 0.3) is 5.91 Å². The van der Waals surface area contributed by atoms with Crippen LogP contribution in [0.4, 0.5) is 0 Å². The summed E-state index contributed by atoms with van der Waals surface area (Å²) in [5.41, 5.74) is 1.16. The van der Waals surface area contributed by atoms with Crippen molar-refractivity contribution < 1.29 is 14.3 Å². The zero-order valence-corrected chi connectivity index (χ0v) is 13.7. The average molecular weight is 329 g/mol. The number of rotatable bonds is 7. The van der Waals surface area contributed by atoms with Gasteiger partial charge in [-0.25, -0.2) is 4.79 Å². The summed E-state index contributed by atoms with van der Waals surface area (Å²) in [5.74, 6) is -0.620. The lowest BCUT2D eigenvalue weighted by molar-refractivity contribution is -0.143. The van der Waals surface area contributed by atoms with Crippen molar-refractivity contribution in [3.8, 4) is 0 Å². The maximum Gasteiger partial charge on any atom is 0.331 e. The monoisotopic (exact) mass is 329 g/mol. The van der Waals surface area contributed by atoms with Gasteiger partial charge in [-0.1, -0.05) is 43.3 Å². The molecule has 2 aromatic rings. The van der Waals surface area contributed by atoms with E-state index in [-0.39, 0.29) is 18.4 Å². The zero-order chi connectivity index (χ0) is 16.5. The highest BCUT2D eigenvalue weighted by atomic mass is 32.1. The molecular weight excluding hydrogens is 310 g/mol. The Morgan fingerprint density at radius 1 is 1.22 bits per heavy atom. The van der Waals surface area contributed by atoms with Crippen LogP contribution in [-0.2, 0) is 14.3 Å². The lowest BCUT2D eigenvalue weighted by atomic mass is 10.0. The van der Waals surface area contributed by atoms with E-state index in [0.29, 0.717) is 6.54 Å². The fourth-order valence-electron chi connectivity index (χ4n) is 1.94. The lowest BCUT2D eigenvalue weighted by Crippen LogP contribution is -2.31. The Morgan fingerprint density at radius 3 is 2.70 bits per heavy atom. The van der Waals surface area contributed by atoms with E-state index in [0.717, 1.165) is 10.4 Å². The minimum Gasteiger partial charge on any atom is -0.452 e. The highest BCUT2D eigenvalue weighted by Gasteiger charge is 2.09. The van der Waals surface area contributed by atoms with Gasteiger partial charge in [-0.05, 0) is 29.0 Å². The Hall–Kier alpha value is -2.40. The molecule has 1 aromatic heterocycles. The summed E-state index contributed by atoms with van der Waals surface area (Å²) >= 11 is 1.52. The molecule has 1 atom stereocenters. The van der Waals surface area contributed by atoms with Crippen molar-refractivity contribution in [1.82, 2.24) is 5.32 Å². The molecule has 1 amide bonds. The van der Waals surface area contributed by atoms with Crippen LogP contribution < -0.4 is 5.32 Å². The van der Waals surface area contributed by atoms with E-state index in [9.17, 15) is 9.59 Å². The van der Waals surface area contributed by atoms with Crippen LogP contribution >= 0.6 is 11.3 Å². The molecule has 0 fully saturated rings. The van der Waals surface area contributed by atoms with Crippen molar-refractivity contribution in [2.75, 3.05) is 13.2 Å². The largest absolute Gasteiger partial charge is 0.452 e. The molecule has 0 radical (unpaired) electrons. The summed E-state index contributed by atoms with van der Waals surface area (Å²) < 4.78 is 4.91. The quantitative estimate of drug-likeness (QED) is 0.627. The van der Waals surface area contributed by atoms with Gasteiger partial charge < -0.3 is 10.1 Å². The number of thiophene rings is 1. The van der Waals surface area contributed by atoms with Crippen LogP contribution in [0.25, 0.3) is 6.08 Å². The summed E-state index contributed by atoms with van der Waals surface area (Å²) in [7, 11) is 0. The Balaban J connectivity index is 1.68. The molecule has 1 N–H and O–H groups in total. The molecule has 4 nitrogen and oxygen atoms in total. The number of hydrogen-bond acceptors (Lipinski definition) is 4. The minimum absolute atomic E-state index is 0.203. The number of carbonyl (C=O) groups excluding carboxylic acids is 2. The SMILES string of the molecule is C[C@@H](CNC(=O)COC(=O)/C=C/c1cccs1)c1ccccc1. The first-order valence-corrected chi connectivity index (χ1v) is 8.23. The maximum atomic E-state index is 11.7. The molecule has 1 aromatic carbocycles. The Morgan fingerprint density at radius 2 is 2.00 bits per heavy atom. The van der Waals surface area contributed by atoms with Gasteiger partial charge in [0.2, 0.25) is 0 Å². The molecule has 0 unspecified atom stereocenters. The van der Waals surface area contributed by atoms with Gasteiger partial charge in [0.05, 0.1) is 0 Å². The molecule has 23 heavy (non-hydrogen) atoms. The van der Waals surface area contributed by atoms with Crippen LogP contribution in [0.15, 0.2) is 53.9 Å². The topological polar surface area (TPSA) is 55.4 Å². The molecule has 1 heterocycles. The highest BCUT2D eigenvalue weighted by molar-refractivity contribution is 7.10. The number of amides is 1. The first kappa shape index (κ1) is 17.0. The Bertz CT molecular complexity index is 650. The van der Waals surface area contributed by atoms with Crippen LogP contribution in [-0.4, -0.2) is 25.0 Å². The second-order valence-electron chi connectivity index (χ2n) is 5.07. The molecule has 5 heteroatoms. The third kappa shape index (κ3) is 6.08. The summed E-state index contributed by atoms with van der Waals surface area (Å²) in [6.07, 6.45) is 2.99. The lowest BCUT2D eigenvalue weighted by Gasteiger charge is -2.12. The summed E-state index contributed by atoms with van der Waals surface area (Å²) in [5, 5.41) is 4.69. The molecule has 0 spiro atoms. The number of esters is 1. The fourth-order valence-corrected chi connectivity index (χ4v) is 2.56. The molecule has 120 valence electrons. The molecule has 0 bridgehead atoms. The van der Waals surface area contributed by atoms with Crippen molar-refractivity contribution in [1.29, 1.82) is 0 Å². The molecule has 0 saturated carbocycles. The van der Waals surface area contributed by atoms with Crippen LogP contribution in [0.3, 0.4) is 0 Å².